The molecule has 0 aliphatic carbocycles. The SMILES string of the molecule is CCc1cc(Cl)c(NC[P+](=O)OC)cc1[N+](=O)[O-]. The van der Waals surface area contributed by atoms with Crippen LogP contribution in [0.4, 0.5) is 11.4 Å². The lowest BCUT2D eigenvalue weighted by atomic mass is 10.1. The summed E-state index contributed by atoms with van der Waals surface area (Å²) in [5, 5.41) is 14.0. The number of hydrogen-bond donors (Lipinski definition) is 1. The minimum absolute atomic E-state index is 0.00274. The Bertz CT molecular complexity index is 481. The van der Waals surface area contributed by atoms with Gasteiger partial charge in [-0.15, -0.1) is 4.52 Å². The van der Waals surface area contributed by atoms with Gasteiger partial charge >= 0.3 is 8.03 Å². The average Bonchev–Trinajstić information content (AvgIpc) is 2.35. The first kappa shape index (κ1) is 14.8. The Morgan fingerprint density at radius 1 is 1.56 bits per heavy atom. The minimum atomic E-state index is -1.84. The number of anilines is 1. The number of aryl methyl sites for hydroxylation is 1. The highest BCUT2D eigenvalue weighted by Crippen LogP contribution is 2.32. The molecule has 0 saturated carbocycles. The summed E-state index contributed by atoms with van der Waals surface area (Å²) in [6.45, 7) is 1.81. The Morgan fingerprint density at radius 3 is 2.72 bits per heavy atom. The molecule has 0 bridgehead atoms. The second kappa shape index (κ2) is 6.64. The average molecular weight is 292 g/mol. The van der Waals surface area contributed by atoms with Crippen molar-refractivity contribution in [3.05, 3.63) is 32.8 Å². The molecule has 0 radical (unpaired) electrons. The summed E-state index contributed by atoms with van der Waals surface area (Å²) < 4.78 is 15.7. The van der Waals surface area contributed by atoms with Gasteiger partial charge in [0.15, 0.2) is 0 Å². The van der Waals surface area contributed by atoms with Crippen LogP contribution < -0.4 is 5.32 Å². The van der Waals surface area contributed by atoms with Gasteiger partial charge in [0.25, 0.3) is 5.69 Å². The predicted molar refractivity (Wildman–Crippen MR) is 70.6 cm³/mol. The summed E-state index contributed by atoms with van der Waals surface area (Å²) in [5.74, 6) is 0. The first-order chi connectivity index (χ1) is 8.49. The molecule has 1 aromatic rings. The molecule has 18 heavy (non-hydrogen) atoms. The van der Waals surface area contributed by atoms with E-state index in [1.165, 1.54) is 13.2 Å². The molecule has 0 saturated heterocycles. The maximum atomic E-state index is 11.1. The molecule has 1 aromatic carbocycles. The number of benzene rings is 1. The van der Waals surface area contributed by atoms with Crippen molar-refractivity contribution >= 4 is 31.0 Å². The fraction of sp³-hybridized carbons (Fsp3) is 0.400. The monoisotopic (exact) mass is 291 g/mol. The molecular formula is C10H13ClN2O4P+. The van der Waals surface area contributed by atoms with E-state index in [0.29, 0.717) is 22.7 Å². The molecule has 6 nitrogen and oxygen atoms in total. The molecule has 1 atom stereocenters. The van der Waals surface area contributed by atoms with Gasteiger partial charge in [-0.1, -0.05) is 18.5 Å². The van der Waals surface area contributed by atoms with E-state index >= 15 is 0 Å². The molecule has 0 amide bonds. The third kappa shape index (κ3) is 3.63. The molecule has 0 spiro atoms. The summed E-state index contributed by atoms with van der Waals surface area (Å²) in [6, 6.07) is 2.89. The van der Waals surface area contributed by atoms with E-state index in [4.69, 9.17) is 11.6 Å². The van der Waals surface area contributed by atoms with Crippen LogP contribution >= 0.6 is 19.6 Å². The number of rotatable bonds is 6. The van der Waals surface area contributed by atoms with Crippen molar-refractivity contribution in [3.8, 4) is 0 Å². The lowest BCUT2D eigenvalue weighted by Crippen LogP contribution is -2.02. The van der Waals surface area contributed by atoms with Gasteiger partial charge in [0, 0.05) is 11.6 Å². The highest BCUT2D eigenvalue weighted by atomic mass is 35.5. The molecule has 0 aromatic heterocycles. The van der Waals surface area contributed by atoms with E-state index in [2.05, 4.69) is 9.84 Å². The van der Waals surface area contributed by atoms with Crippen LogP contribution in [0.25, 0.3) is 0 Å². The number of nitro groups is 1. The highest BCUT2D eigenvalue weighted by molar-refractivity contribution is 7.39. The first-order valence-electron chi connectivity index (χ1n) is 5.19. The van der Waals surface area contributed by atoms with E-state index in [1.807, 2.05) is 6.92 Å². The van der Waals surface area contributed by atoms with E-state index in [1.54, 1.807) is 6.07 Å². The molecule has 8 heteroatoms. The molecule has 0 fully saturated rings. The van der Waals surface area contributed by atoms with Crippen molar-refractivity contribution in [1.82, 2.24) is 0 Å². The third-order valence-electron chi connectivity index (χ3n) is 2.35. The first-order valence-corrected chi connectivity index (χ1v) is 6.93. The van der Waals surface area contributed by atoms with Crippen molar-refractivity contribution < 1.29 is 14.0 Å². The molecule has 1 rings (SSSR count). The standard InChI is InChI=1S/C10H13ClN2O4P/c1-3-7-4-8(11)9(5-10(7)13(14)15)12-6-18(16)17-2/h4-5,12H,3,6H2,1-2H3/q+1. The van der Waals surface area contributed by atoms with Gasteiger partial charge in [-0.3, -0.25) is 10.1 Å². The fourth-order valence-corrected chi connectivity index (χ4v) is 2.09. The molecule has 0 heterocycles. The minimum Gasteiger partial charge on any atom is -0.341 e. The van der Waals surface area contributed by atoms with Crippen molar-refractivity contribution in [2.75, 3.05) is 18.7 Å². The largest absolute Gasteiger partial charge is 0.529 e. The van der Waals surface area contributed by atoms with Crippen LogP contribution in [0.15, 0.2) is 12.1 Å². The van der Waals surface area contributed by atoms with Crippen LogP contribution in [0.3, 0.4) is 0 Å². The zero-order chi connectivity index (χ0) is 13.7. The second-order valence-corrected chi connectivity index (χ2v) is 5.18. The molecule has 0 aliphatic rings. The van der Waals surface area contributed by atoms with Crippen LogP contribution in [0.2, 0.25) is 5.02 Å². The van der Waals surface area contributed by atoms with E-state index in [-0.39, 0.29) is 12.0 Å². The van der Waals surface area contributed by atoms with Crippen molar-refractivity contribution in [2.24, 2.45) is 0 Å². The number of hydrogen-bond acceptors (Lipinski definition) is 5. The van der Waals surface area contributed by atoms with Gasteiger partial charge in [-0.25, -0.2) is 0 Å². The molecule has 1 unspecified atom stereocenters. The molecule has 0 aliphatic heterocycles. The lowest BCUT2D eigenvalue weighted by Gasteiger charge is -2.06. The Labute approximate surface area is 110 Å². The molecule has 1 N–H and O–H groups in total. The van der Waals surface area contributed by atoms with Crippen molar-refractivity contribution in [2.45, 2.75) is 13.3 Å². The smallest absolute Gasteiger partial charge is 0.341 e. The summed E-state index contributed by atoms with van der Waals surface area (Å²) in [5.41, 5.74) is 0.935. The van der Waals surface area contributed by atoms with Gasteiger partial charge in [0.2, 0.25) is 6.29 Å². The van der Waals surface area contributed by atoms with Crippen molar-refractivity contribution in [3.63, 3.8) is 0 Å². The van der Waals surface area contributed by atoms with Gasteiger partial charge in [-0.2, -0.15) is 0 Å². The summed E-state index contributed by atoms with van der Waals surface area (Å²) in [4.78, 5) is 10.4. The van der Waals surface area contributed by atoms with E-state index < -0.39 is 13.0 Å². The fourth-order valence-electron chi connectivity index (χ4n) is 1.41. The van der Waals surface area contributed by atoms with Crippen molar-refractivity contribution in [1.29, 1.82) is 0 Å². The van der Waals surface area contributed by atoms with E-state index in [0.717, 1.165) is 0 Å². The van der Waals surface area contributed by atoms with E-state index in [9.17, 15) is 14.7 Å². The topological polar surface area (TPSA) is 81.5 Å². The lowest BCUT2D eigenvalue weighted by molar-refractivity contribution is -0.385. The number of nitrogens with zero attached hydrogens (tertiary/aromatic N) is 1. The molecule has 98 valence electrons. The quantitative estimate of drug-likeness (QED) is 0.492. The summed E-state index contributed by atoms with van der Waals surface area (Å²) in [7, 11) is -0.516. The Hall–Kier alpha value is -1.23. The summed E-state index contributed by atoms with van der Waals surface area (Å²) in [6.07, 6.45) is 0.566. The summed E-state index contributed by atoms with van der Waals surface area (Å²) >= 11 is 5.99. The van der Waals surface area contributed by atoms with Gasteiger partial charge < -0.3 is 5.32 Å². The predicted octanol–water partition coefficient (Wildman–Crippen LogP) is 3.57. The van der Waals surface area contributed by atoms with Crippen LogP contribution in [0, 0.1) is 10.1 Å². The van der Waals surface area contributed by atoms with Crippen LogP contribution in [-0.2, 0) is 15.5 Å². The number of nitro benzene ring substituents is 1. The second-order valence-electron chi connectivity index (χ2n) is 3.42. The number of nitrogens with one attached hydrogen (secondary N) is 1. The van der Waals surface area contributed by atoms with Crippen LogP contribution in [0.1, 0.15) is 12.5 Å². The van der Waals surface area contributed by atoms with Gasteiger partial charge in [-0.05, 0) is 17.1 Å². The third-order valence-corrected chi connectivity index (χ3v) is 3.48. The number of halogens is 1. The maximum Gasteiger partial charge on any atom is 0.529 e. The maximum absolute atomic E-state index is 11.1. The Kier molecular flexibility index (Phi) is 5.47. The van der Waals surface area contributed by atoms with Gasteiger partial charge in [0.1, 0.15) is 0 Å². The van der Waals surface area contributed by atoms with Gasteiger partial charge in [0.05, 0.1) is 22.7 Å². The highest BCUT2D eigenvalue weighted by Gasteiger charge is 2.19. The Morgan fingerprint density at radius 2 is 2.22 bits per heavy atom. The zero-order valence-corrected chi connectivity index (χ0v) is 11.6. The van der Waals surface area contributed by atoms with Crippen LogP contribution in [0.5, 0.6) is 0 Å². The zero-order valence-electron chi connectivity index (χ0n) is 9.97. The Balaban J connectivity index is 3.02. The normalized spacial score (nSPS) is 11.2. The molecular weight excluding hydrogens is 279 g/mol. The van der Waals surface area contributed by atoms with Crippen LogP contribution in [-0.4, -0.2) is 18.3 Å².